The van der Waals surface area contributed by atoms with Gasteiger partial charge in [0.05, 0.1) is 8.07 Å². The first kappa shape index (κ1) is 19.4. The van der Waals surface area contributed by atoms with Crippen molar-refractivity contribution in [1.29, 1.82) is 0 Å². The molecule has 0 bridgehead atoms. The van der Waals surface area contributed by atoms with Crippen molar-refractivity contribution in [2.45, 2.75) is 77.9 Å². The highest BCUT2D eigenvalue weighted by Crippen LogP contribution is 2.35. The molecule has 0 radical (unpaired) electrons. The van der Waals surface area contributed by atoms with Crippen LogP contribution in [0.3, 0.4) is 0 Å². The lowest BCUT2D eigenvalue weighted by Crippen LogP contribution is -2.47. The zero-order chi connectivity index (χ0) is 19.1. The summed E-state index contributed by atoms with van der Waals surface area (Å²) in [5.74, 6) is 1.35. The van der Waals surface area contributed by atoms with Crippen LogP contribution >= 0.6 is 0 Å². The van der Waals surface area contributed by atoms with Gasteiger partial charge in [0.2, 0.25) is 5.69 Å². The van der Waals surface area contributed by atoms with Crippen molar-refractivity contribution in [3.63, 3.8) is 0 Å². The minimum Gasteiger partial charge on any atom is -0.201 e. The lowest BCUT2D eigenvalue weighted by atomic mass is 9.93. The molecule has 1 aromatic carbocycles. The van der Waals surface area contributed by atoms with Crippen molar-refractivity contribution in [2.24, 2.45) is 7.05 Å². The predicted octanol–water partition coefficient (Wildman–Crippen LogP) is 5.81. The summed E-state index contributed by atoms with van der Waals surface area (Å²) in [6.45, 7) is 14.3. The van der Waals surface area contributed by atoms with Gasteiger partial charge in [0.25, 0.3) is 0 Å². The van der Waals surface area contributed by atoms with E-state index in [0.717, 1.165) is 5.92 Å². The molecule has 2 heteroatoms. The summed E-state index contributed by atoms with van der Waals surface area (Å²) in [5.41, 5.74) is 7.25. The maximum Gasteiger partial charge on any atom is 0.212 e. The van der Waals surface area contributed by atoms with Gasteiger partial charge in [0.15, 0.2) is 6.20 Å². The molecule has 0 N–H and O–H groups in total. The van der Waals surface area contributed by atoms with Crippen molar-refractivity contribution in [3.8, 4) is 11.3 Å². The molecular weight excluding hydrogens is 330 g/mol. The van der Waals surface area contributed by atoms with Crippen molar-refractivity contribution in [3.05, 3.63) is 47.2 Å². The first-order valence-corrected chi connectivity index (χ1v) is 13.8. The molecule has 0 spiro atoms. The number of hydrogen-bond acceptors (Lipinski definition) is 0. The number of rotatable bonds is 4. The second-order valence-corrected chi connectivity index (χ2v) is 14.6. The zero-order valence-corrected chi connectivity index (χ0v) is 18.8. The van der Waals surface area contributed by atoms with E-state index < -0.39 is 8.07 Å². The summed E-state index contributed by atoms with van der Waals surface area (Å²) in [7, 11) is 0.870. The van der Waals surface area contributed by atoms with Gasteiger partial charge < -0.3 is 0 Å². The molecule has 26 heavy (non-hydrogen) atoms. The normalized spacial score (nSPS) is 15.8. The molecule has 0 aliphatic heterocycles. The van der Waals surface area contributed by atoms with E-state index in [1.807, 2.05) is 0 Å². The Kier molecular flexibility index (Phi) is 5.44. The average molecular weight is 367 g/mol. The highest BCUT2D eigenvalue weighted by atomic mass is 28.3. The number of aryl methyl sites for hydroxylation is 2. The fraction of sp³-hybridized carbons (Fsp3) is 0.542. The van der Waals surface area contributed by atoms with E-state index >= 15 is 0 Å². The minimum atomic E-state index is -1.36. The van der Waals surface area contributed by atoms with Crippen LogP contribution in [-0.4, -0.2) is 8.07 Å². The monoisotopic (exact) mass is 366 g/mol. The van der Waals surface area contributed by atoms with E-state index in [4.69, 9.17) is 0 Å². The highest BCUT2D eigenvalue weighted by molar-refractivity contribution is 6.89. The molecule has 3 rings (SSSR count). The van der Waals surface area contributed by atoms with E-state index in [1.54, 1.807) is 10.8 Å². The summed E-state index contributed by atoms with van der Waals surface area (Å²) < 4.78 is 2.38. The minimum absolute atomic E-state index is 0.583. The third kappa shape index (κ3) is 3.81. The van der Waals surface area contributed by atoms with Crippen molar-refractivity contribution >= 4 is 13.3 Å². The van der Waals surface area contributed by atoms with Crippen molar-refractivity contribution < 1.29 is 4.57 Å². The second kappa shape index (κ2) is 7.30. The van der Waals surface area contributed by atoms with Gasteiger partial charge in [0.1, 0.15) is 7.05 Å². The van der Waals surface area contributed by atoms with Crippen LogP contribution in [0.2, 0.25) is 19.6 Å². The molecule has 0 saturated heterocycles. The lowest BCUT2D eigenvalue weighted by Gasteiger charge is -2.23. The van der Waals surface area contributed by atoms with Crippen LogP contribution in [0, 0.1) is 6.92 Å². The van der Waals surface area contributed by atoms with Gasteiger partial charge in [-0.05, 0) is 54.4 Å². The summed E-state index contributed by atoms with van der Waals surface area (Å²) in [5, 5.41) is 1.66. The molecule has 1 aliphatic rings. The number of pyridine rings is 1. The van der Waals surface area contributed by atoms with Crippen LogP contribution in [0.15, 0.2) is 30.5 Å². The maximum absolute atomic E-state index is 2.54. The van der Waals surface area contributed by atoms with E-state index in [0.29, 0.717) is 5.92 Å². The Morgan fingerprint density at radius 1 is 1.04 bits per heavy atom. The first-order chi connectivity index (χ1) is 12.2. The third-order valence-electron chi connectivity index (χ3n) is 6.10. The Morgan fingerprint density at radius 2 is 1.69 bits per heavy atom. The summed E-state index contributed by atoms with van der Waals surface area (Å²) in [4.78, 5) is 0. The summed E-state index contributed by atoms with van der Waals surface area (Å²) in [6, 6.07) is 9.57. The van der Waals surface area contributed by atoms with Gasteiger partial charge in [-0.25, -0.2) is 4.57 Å². The van der Waals surface area contributed by atoms with Crippen LogP contribution in [0.4, 0.5) is 0 Å². The Morgan fingerprint density at radius 3 is 2.23 bits per heavy atom. The topological polar surface area (TPSA) is 3.88 Å². The van der Waals surface area contributed by atoms with Crippen LogP contribution in [0.5, 0.6) is 0 Å². The fourth-order valence-corrected chi connectivity index (χ4v) is 6.19. The van der Waals surface area contributed by atoms with Gasteiger partial charge in [0, 0.05) is 16.8 Å². The molecule has 0 amide bonds. The molecule has 1 aliphatic carbocycles. The number of nitrogens with zero attached hydrogens (tertiary/aromatic N) is 1. The van der Waals surface area contributed by atoms with Crippen LogP contribution in [0.1, 0.15) is 68.1 Å². The smallest absolute Gasteiger partial charge is 0.201 e. The molecule has 140 valence electrons. The van der Waals surface area contributed by atoms with Gasteiger partial charge in [-0.1, -0.05) is 58.5 Å². The first-order valence-electron chi connectivity index (χ1n) is 10.3. The SMILES string of the molecule is Cc1cc(C(C)C)ccc1-c1cc(C2CCCC2)c([Si](C)(C)C)c[n+]1C. The molecule has 1 nitrogen and oxygen atoms in total. The number of hydrogen-bond donors (Lipinski definition) is 0. The molecule has 1 saturated carbocycles. The largest absolute Gasteiger partial charge is 0.212 e. The molecule has 1 fully saturated rings. The average Bonchev–Trinajstić information content (AvgIpc) is 3.08. The number of benzene rings is 1. The number of aromatic nitrogens is 1. The molecule has 0 atom stereocenters. The third-order valence-corrected chi connectivity index (χ3v) is 8.14. The van der Waals surface area contributed by atoms with Crippen molar-refractivity contribution in [2.75, 3.05) is 0 Å². The molecule has 1 aromatic heterocycles. The highest BCUT2D eigenvalue weighted by Gasteiger charge is 2.30. The molecule has 0 unspecified atom stereocenters. The van der Waals surface area contributed by atoms with Gasteiger partial charge in [-0.3, -0.25) is 0 Å². The van der Waals surface area contributed by atoms with Crippen LogP contribution in [0.25, 0.3) is 11.3 Å². The maximum atomic E-state index is 2.54. The fourth-order valence-electron chi connectivity index (χ4n) is 4.47. The zero-order valence-electron chi connectivity index (χ0n) is 17.8. The van der Waals surface area contributed by atoms with E-state index in [2.05, 4.69) is 82.5 Å². The molecular formula is C24H36NSi+. The van der Waals surface area contributed by atoms with Crippen LogP contribution in [-0.2, 0) is 7.05 Å². The Balaban J connectivity index is 2.15. The summed E-state index contributed by atoms with van der Waals surface area (Å²) in [6.07, 6.45) is 8.00. The van der Waals surface area contributed by atoms with E-state index in [1.165, 1.54) is 48.1 Å². The molecule has 1 heterocycles. The van der Waals surface area contributed by atoms with Crippen LogP contribution < -0.4 is 9.75 Å². The second-order valence-electron chi connectivity index (χ2n) is 9.60. The molecule has 2 aromatic rings. The van der Waals surface area contributed by atoms with Crippen molar-refractivity contribution in [1.82, 2.24) is 0 Å². The van der Waals surface area contributed by atoms with Gasteiger partial charge >= 0.3 is 0 Å². The standard InChI is InChI=1S/C24H36NSi/c1-17(2)20-12-13-21(18(3)14-20)23-15-22(19-10-8-9-11-19)24(16-25(23)4)26(5,6)7/h12-17,19H,8-11H2,1-7H3/q+1. The van der Waals surface area contributed by atoms with Gasteiger partial charge in [-0.15, -0.1) is 0 Å². The van der Waals surface area contributed by atoms with E-state index in [-0.39, 0.29) is 0 Å². The van der Waals surface area contributed by atoms with E-state index in [9.17, 15) is 0 Å². The lowest BCUT2D eigenvalue weighted by molar-refractivity contribution is -0.659. The summed E-state index contributed by atoms with van der Waals surface area (Å²) >= 11 is 0. The predicted molar refractivity (Wildman–Crippen MR) is 116 cm³/mol. The Bertz CT molecular complexity index is 793. The van der Waals surface area contributed by atoms with Gasteiger partial charge in [-0.2, -0.15) is 0 Å². The Hall–Kier alpha value is -1.41. The Labute approximate surface area is 161 Å². The quantitative estimate of drug-likeness (QED) is 0.475.